The molecule has 1 aromatic rings. The molecule has 0 amide bonds. The molecule has 1 aromatic heterocycles. The SMILES string of the molecule is COCCOCCCNC(C)c1cc(C)oc1C. The Bertz CT molecular complexity index is 336. The van der Waals surface area contributed by atoms with Crippen LogP contribution in [0, 0.1) is 13.8 Å². The van der Waals surface area contributed by atoms with Crippen molar-refractivity contribution in [1.82, 2.24) is 5.32 Å². The van der Waals surface area contributed by atoms with Crippen molar-refractivity contribution < 1.29 is 13.9 Å². The van der Waals surface area contributed by atoms with Crippen molar-refractivity contribution in [3.63, 3.8) is 0 Å². The Morgan fingerprint density at radius 3 is 2.67 bits per heavy atom. The van der Waals surface area contributed by atoms with Gasteiger partial charge in [-0.3, -0.25) is 0 Å². The lowest BCUT2D eigenvalue weighted by Gasteiger charge is -2.13. The second kappa shape index (κ2) is 8.29. The van der Waals surface area contributed by atoms with E-state index in [0.29, 0.717) is 19.3 Å². The van der Waals surface area contributed by atoms with E-state index >= 15 is 0 Å². The van der Waals surface area contributed by atoms with E-state index in [1.54, 1.807) is 7.11 Å². The van der Waals surface area contributed by atoms with Crippen molar-refractivity contribution in [2.75, 3.05) is 33.5 Å². The van der Waals surface area contributed by atoms with Crippen LogP contribution in [0.5, 0.6) is 0 Å². The van der Waals surface area contributed by atoms with Crippen molar-refractivity contribution in [2.24, 2.45) is 0 Å². The predicted octanol–water partition coefficient (Wildman–Crippen LogP) is 2.60. The zero-order chi connectivity index (χ0) is 13.4. The fraction of sp³-hybridized carbons (Fsp3) is 0.714. The Hall–Kier alpha value is -0.840. The molecule has 0 bridgehead atoms. The average molecular weight is 255 g/mol. The van der Waals surface area contributed by atoms with E-state index in [1.165, 1.54) is 5.56 Å². The Balaban J connectivity index is 2.14. The van der Waals surface area contributed by atoms with E-state index in [-0.39, 0.29) is 0 Å². The highest BCUT2D eigenvalue weighted by molar-refractivity contribution is 5.23. The number of methoxy groups -OCH3 is 1. The number of furan rings is 1. The molecule has 18 heavy (non-hydrogen) atoms. The third kappa shape index (κ3) is 5.21. The van der Waals surface area contributed by atoms with Crippen LogP contribution < -0.4 is 5.32 Å². The number of aryl methyl sites for hydroxylation is 2. The van der Waals surface area contributed by atoms with Crippen LogP contribution in [0.2, 0.25) is 0 Å². The van der Waals surface area contributed by atoms with Crippen molar-refractivity contribution in [3.8, 4) is 0 Å². The molecule has 0 fully saturated rings. The summed E-state index contributed by atoms with van der Waals surface area (Å²) >= 11 is 0. The summed E-state index contributed by atoms with van der Waals surface area (Å²) in [7, 11) is 1.68. The monoisotopic (exact) mass is 255 g/mol. The molecule has 0 saturated heterocycles. The van der Waals surface area contributed by atoms with E-state index in [0.717, 1.165) is 31.1 Å². The largest absolute Gasteiger partial charge is 0.466 e. The van der Waals surface area contributed by atoms with Gasteiger partial charge < -0.3 is 19.2 Å². The summed E-state index contributed by atoms with van der Waals surface area (Å²) in [6.07, 6.45) is 1.00. The standard InChI is InChI=1S/C14H25NO3/c1-11-10-14(13(3)18-11)12(2)15-6-5-7-17-9-8-16-4/h10,12,15H,5-9H2,1-4H3. The maximum Gasteiger partial charge on any atom is 0.105 e. The van der Waals surface area contributed by atoms with Crippen molar-refractivity contribution in [1.29, 1.82) is 0 Å². The maximum atomic E-state index is 5.53. The number of nitrogens with one attached hydrogen (secondary N) is 1. The molecule has 0 aromatic carbocycles. The van der Waals surface area contributed by atoms with Crippen LogP contribution in [0.15, 0.2) is 10.5 Å². The van der Waals surface area contributed by atoms with E-state index < -0.39 is 0 Å². The molecular weight excluding hydrogens is 230 g/mol. The number of hydrogen-bond donors (Lipinski definition) is 1. The Labute approximate surface area is 110 Å². The first-order chi connectivity index (χ1) is 8.65. The molecule has 1 unspecified atom stereocenters. The van der Waals surface area contributed by atoms with Crippen molar-refractivity contribution in [2.45, 2.75) is 33.2 Å². The van der Waals surface area contributed by atoms with Crippen LogP contribution in [0.1, 0.15) is 36.5 Å². The second-order valence-corrected chi connectivity index (χ2v) is 4.50. The summed E-state index contributed by atoms with van der Waals surface area (Å²) in [6, 6.07) is 2.42. The fourth-order valence-corrected chi connectivity index (χ4v) is 1.93. The van der Waals surface area contributed by atoms with E-state index in [1.807, 2.05) is 13.8 Å². The first kappa shape index (κ1) is 15.2. The van der Waals surface area contributed by atoms with Crippen LogP contribution in [0.25, 0.3) is 0 Å². The fourth-order valence-electron chi connectivity index (χ4n) is 1.93. The van der Waals surface area contributed by atoms with Crippen molar-refractivity contribution in [3.05, 3.63) is 23.2 Å². The van der Waals surface area contributed by atoms with Gasteiger partial charge in [-0.2, -0.15) is 0 Å². The van der Waals surface area contributed by atoms with E-state index in [4.69, 9.17) is 13.9 Å². The molecule has 4 nitrogen and oxygen atoms in total. The third-order valence-corrected chi connectivity index (χ3v) is 2.89. The lowest BCUT2D eigenvalue weighted by Crippen LogP contribution is -2.21. The van der Waals surface area contributed by atoms with Gasteiger partial charge in [-0.1, -0.05) is 0 Å². The molecular formula is C14H25NO3. The van der Waals surface area contributed by atoms with Gasteiger partial charge in [0.05, 0.1) is 13.2 Å². The molecule has 0 aliphatic heterocycles. The van der Waals surface area contributed by atoms with Crippen LogP contribution in [0.3, 0.4) is 0 Å². The van der Waals surface area contributed by atoms with Crippen LogP contribution in [0.4, 0.5) is 0 Å². The Kier molecular flexibility index (Phi) is 7.01. The van der Waals surface area contributed by atoms with Gasteiger partial charge in [0.25, 0.3) is 0 Å². The summed E-state index contributed by atoms with van der Waals surface area (Å²) in [5.74, 6) is 1.97. The van der Waals surface area contributed by atoms with Gasteiger partial charge in [0.1, 0.15) is 11.5 Å². The molecule has 1 rings (SSSR count). The second-order valence-electron chi connectivity index (χ2n) is 4.50. The molecule has 0 saturated carbocycles. The molecule has 1 heterocycles. The molecule has 1 N–H and O–H groups in total. The molecule has 104 valence electrons. The predicted molar refractivity (Wildman–Crippen MR) is 71.9 cm³/mol. The minimum Gasteiger partial charge on any atom is -0.466 e. The summed E-state index contributed by atoms with van der Waals surface area (Å²) in [5.41, 5.74) is 1.24. The van der Waals surface area contributed by atoms with Gasteiger partial charge >= 0.3 is 0 Å². The highest BCUT2D eigenvalue weighted by Crippen LogP contribution is 2.20. The van der Waals surface area contributed by atoms with E-state index in [2.05, 4.69) is 18.3 Å². The number of hydrogen-bond acceptors (Lipinski definition) is 4. The van der Waals surface area contributed by atoms with Crippen molar-refractivity contribution >= 4 is 0 Å². The first-order valence-electron chi connectivity index (χ1n) is 6.52. The third-order valence-electron chi connectivity index (χ3n) is 2.89. The van der Waals surface area contributed by atoms with Gasteiger partial charge in [-0.25, -0.2) is 0 Å². The lowest BCUT2D eigenvalue weighted by atomic mass is 10.1. The highest BCUT2D eigenvalue weighted by Gasteiger charge is 2.11. The van der Waals surface area contributed by atoms with Crippen LogP contribution >= 0.6 is 0 Å². The van der Waals surface area contributed by atoms with Gasteiger partial charge in [0.2, 0.25) is 0 Å². The maximum absolute atomic E-state index is 5.53. The summed E-state index contributed by atoms with van der Waals surface area (Å²) in [4.78, 5) is 0. The molecule has 1 atom stereocenters. The molecule has 0 radical (unpaired) electrons. The molecule has 4 heteroatoms. The summed E-state index contributed by atoms with van der Waals surface area (Å²) < 4.78 is 15.8. The molecule has 0 spiro atoms. The van der Waals surface area contributed by atoms with Crippen LogP contribution in [-0.4, -0.2) is 33.5 Å². The normalized spacial score (nSPS) is 12.9. The zero-order valence-corrected chi connectivity index (χ0v) is 11.9. The van der Waals surface area contributed by atoms with Crippen LogP contribution in [-0.2, 0) is 9.47 Å². The minimum absolute atomic E-state index is 0.321. The quantitative estimate of drug-likeness (QED) is 0.689. The smallest absolute Gasteiger partial charge is 0.105 e. The Morgan fingerprint density at radius 1 is 1.28 bits per heavy atom. The Morgan fingerprint density at radius 2 is 2.06 bits per heavy atom. The van der Waals surface area contributed by atoms with Gasteiger partial charge in [0.15, 0.2) is 0 Å². The topological polar surface area (TPSA) is 43.6 Å². The van der Waals surface area contributed by atoms with E-state index in [9.17, 15) is 0 Å². The summed E-state index contributed by atoms with van der Waals surface area (Å²) in [5, 5.41) is 3.47. The first-order valence-corrected chi connectivity index (χ1v) is 6.52. The minimum atomic E-state index is 0.321. The highest BCUT2D eigenvalue weighted by atomic mass is 16.5. The number of ether oxygens (including phenoxy) is 2. The zero-order valence-electron chi connectivity index (χ0n) is 11.9. The average Bonchev–Trinajstić information content (AvgIpc) is 2.67. The van der Waals surface area contributed by atoms with Gasteiger partial charge in [-0.05, 0) is 39.8 Å². The number of rotatable bonds is 9. The van der Waals surface area contributed by atoms with Gasteiger partial charge in [0, 0.05) is 25.3 Å². The molecule has 0 aliphatic rings. The lowest BCUT2D eigenvalue weighted by molar-refractivity contribution is 0.0693. The molecule has 0 aliphatic carbocycles. The van der Waals surface area contributed by atoms with Gasteiger partial charge in [-0.15, -0.1) is 0 Å². The summed E-state index contributed by atoms with van der Waals surface area (Å²) in [6.45, 7) is 9.19.